The lowest BCUT2D eigenvalue weighted by Crippen LogP contribution is -2.11. The van der Waals surface area contributed by atoms with E-state index in [-0.39, 0.29) is 19.1 Å². The molecule has 0 radical (unpaired) electrons. The van der Waals surface area contributed by atoms with Gasteiger partial charge >= 0.3 is 0 Å². The van der Waals surface area contributed by atoms with Crippen LogP contribution in [0.15, 0.2) is 34.9 Å². The van der Waals surface area contributed by atoms with Crippen LogP contribution in [0, 0.1) is 0 Å². The van der Waals surface area contributed by atoms with Crippen molar-refractivity contribution in [1.29, 1.82) is 0 Å². The largest absolute Gasteiger partial charge is 0.394 e. The van der Waals surface area contributed by atoms with Crippen LogP contribution in [-0.4, -0.2) is 23.4 Å². The van der Waals surface area contributed by atoms with E-state index in [1.165, 1.54) is 16.7 Å². The highest BCUT2D eigenvalue weighted by atomic mass is 16.6. The lowest BCUT2D eigenvalue weighted by atomic mass is 10.00. The van der Waals surface area contributed by atoms with Crippen molar-refractivity contribution in [3.05, 3.63) is 34.9 Å². The minimum absolute atomic E-state index is 0.0192. The van der Waals surface area contributed by atoms with Crippen molar-refractivity contribution in [2.45, 2.75) is 84.8 Å². The Hall–Kier alpha value is -0.860. The van der Waals surface area contributed by atoms with Crippen LogP contribution in [0.5, 0.6) is 0 Å². The van der Waals surface area contributed by atoms with E-state index in [0.29, 0.717) is 6.42 Å². The van der Waals surface area contributed by atoms with Gasteiger partial charge < -0.3 is 9.84 Å². The molecule has 0 unspecified atom stereocenters. The van der Waals surface area contributed by atoms with E-state index in [1.54, 1.807) is 0 Å². The maximum Gasteiger partial charge on any atom is 0.110 e. The summed E-state index contributed by atoms with van der Waals surface area (Å²) in [6.07, 6.45) is 11.4. The molecule has 1 N–H and O–H groups in total. The molecule has 1 aliphatic rings. The van der Waals surface area contributed by atoms with Gasteiger partial charge in [-0.25, -0.2) is 0 Å². The number of rotatable bonds is 10. The van der Waals surface area contributed by atoms with Gasteiger partial charge in [0, 0.05) is 1.37 Å². The van der Waals surface area contributed by atoms with E-state index in [1.807, 2.05) is 6.92 Å². The van der Waals surface area contributed by atoms with Crippen LogP contribution in [0.1, 0.15) is 74.5 Å². The monoisotopic (exact) mass is 307 g/mol. The Morgan fingerprint density at radius 2 is 1.59 bits per heavy atom. The average molecular weight is 307 g/mol. The van der Waals surface area contributed by atoms with E-state index in [9.17, 15) is 0 Å². The first kappa shape index (κ1) is 17.5. The first-order valence-corrected chi connectivity index (χ1v) is 8.45. The molecule has 0 aromatic carbocycles. The summed E-state index contributed by atoms with van der Waals surface area (Å²) in [5.74, 6) is 0. The summed E-state index contributed by atoms with van der Waals surface area (Å²) in [6.45, 7) is 10.6. The Bertz CT molecular complexity index is 460. The molecule has 1 fully saturated rings. The van der Waals surface area contributed by atoms with Crippen LogP contribution in [0.2, 0.25) is 0 Å². The van der Waals surface area contributed by atoms with Crippen molar-refractivity contribution in [1.82, 2.24) is 0 Å². The molecule has 22 heavy (non-hydrogen) atoms. The number of ether oxygens (including phenoxy) is 1. The Labute approximate surface area is 138 Å². The average Bonchev–Trinajstić information content (AvgIpc) is 3.16. The second-order valence-corrected chi connectivity index (χ2v) is 6.87. The molecule has 126 valence electrons. The molecular weight excluding hydrogens is 272 g/mol. The van der Waals surface area contributed by atoms with Gasteiger partial charge in [0.05, 0.1) is 12.2 Å². The van der Waals surface area contributed by atoms with Gasteiger partial charge in [0.15, 0.2) is 0 Å². The maximum absolute atomic E-state index is 9.09. The molecule has 1 aliphatic heterocycles. The first-order chi connectivity index (χ1) is 10.8. The summed E-state index contributed by atoms with van der Waals surface area (Å²) in [5.41, 5.74) is 3.73. The van der Waals surface area contributed by atoms with E-state index < -0.39 is 5.60 Å². The molecule has 0 aromatic heterocycles. The third kappa shape index (κ3) is 7.42. The summed E-state index contributed by atoms with van der Waals surface area (Å²) in [6, 6.07) is 0. The molecule has 0 bridgehead atoms. The quantitative estimate of drug-likeness (QED) is 0.437. The molecule has 0 aliphatic carbocycles. The highest BCUT2D eigenvalue weighted by molar-refractivity contribution is 5.06. The zero-order valence-corrected chi connectivity index (χ0v) is 15.0. The summed E-state index contributed by atoms with van der Waals surface area (Å²) < 4.78 is 13.6. The number of hydrogen-bond acceptors (Lipinski definition) is 2. The summed E-state index contributed by atoms with van der Waals surface area (Å²) >= 11 is 0. The van der Waals surface area contributed by atoms with Crippen LogP contribution in [-0.2, 0) is 4.74 Å². The fourth-order valence-electron chi connectivity index (χ4n) is 2.50. The first-order valence-electron chi connectivity index (χ1n) is 9.03. The number of aliphatic hydroxyl groups is 1. The van der Waals surface area contributed by atoms with Gasteiger partial charge in [-0.2, -0.15) is 0 Å². The Kier molecular flexibility index (Phi) is 7.41. The van der Waals surface area contributed by atoms with Crippen LogP contribution in [0.4, 0.5) is 0 Å². The zero-order valence-electron chi connectivity index (χ0n) is 16.0. The van der Waals surface area contributed by atoms with Crippen LogP contribution < -0.4 is 0 Å². The molecule has 1 saturated heterocycles. The Morgan fingerprint density at radius 1 is 1.05 bits per heavy atom. The Balaban J connectivity index is 2.28. The van der Waals surface area contributed by atoms with E-state index in [4.69, 9.17) is 11.2 Å². The van der Waals surface area contributed by atoms with Crippen LogP contribution >= 0.6 is 0 Å². The van der Waals surface area contributed by atoms with E-state index in [0.717, 1.165) is 25.7 Å². The molecule has 2 nitrogen and oxygen atoms in total. The van der Waals surface area contributed by atoms with Gasteiger partial charge in [0.2, 0.25) is 0 Å². The molecular formula is C20H34O2. The predicted octanol–water partition coefficient (Wildman–Crippen LogP) is 5.34. The molecule has 2 heteroatoms. The number of allylic oxidation sites excluding steroid dienone is 6. The standard InChI is InChI=1S/C20H34O2/c1-16(2)9-6-10-17(3)11-7-12-18(4)13-8-14-20(5)19(15-21)22-20/h9,11,13,19,21H,6-8,10,12,14-15H2,1-5H3/b17-11+,18-13+/t19-,20+/m1/s1/i14D/t14-,19-,20+. The fourth-order valence-corrected chi connectivity index (χ4v) is 2.50. The van der Waals surface area contributed by atoms with Gasteiger partial charge in [-0.05, 0) is 73.1 Å². The highest BCUT2D eigenvalue weighted by Crippen LogP contribution is 2.39. The molecule has 0 amide bonds. The second-order valence-electron chi connectivity index (χ2n) is 6.87. The summed E-state index contributed by atoms with van der Waals surface area (Å²) in [7, 11) is 0. The van der Waals surface area contributed by atoms with Crippen molar-refractivity contribution in [3.63, 3.8) is 0 Å². The van der Waals surface area contributed by atoms with Crippen molar-refractivity contribution in [3.8, 4) is 0 Å². The third-order valence-corrected chi connectivity index (χ3v) is 4.26. The fraction of sp³-hybridized carbons (Fsp3) is 0.700. The number of epoxide rings is 1. The van der Waals surface area contributed by atoms with Gasteiger partial charge in [0.25, 0.3) is 0 Å². The normalized spacial score (nSPS) is 27.4. The molecule has 1 rings (SSSR count). The number of hydrogen-bond donors (Lipinski definition) is 1. The molecule has 0 aromatic rings. The second kappa shape index (κ2) is 9.32. The van der Waals surface area contributed by atoms with Gasteiger partial charge in [-0.15, -0.1) is 0 Å². The molecule has 0 saturated carbocycles. The molecule has 3 atom stereocenters. The van der Waals surface area contributed by atoms with Gasteiger partial charge in [0.1, 0.15) is 6.10 Å². The minimum atomic E-state index is -0.451. The van der Waals surface area contributed by atoms with Crippen molar-refractivity contribution < 1.29 is 11.2 Å². The van der Waals surface area contributed by atoms with Crippen LogP contribution in [0.25, 0.3) is 0 Å². The summed E-state index contributed by atoms with van der Waals surface area (Å²) in [5, 5.41) is 9.09. The van der Waals surface area contributed by atoms with E-state index in [2.05, 4.69) is 45.9 Å². The Morgan fingerprint density at radius 3 is 2.09 bits per heavy atom. The van der Waals surface area contributed by atoms with E-state index >= 15 is 0 Å². The zero-order chi connectivity index (χ0) is 17.5. The van der Waals surface area contributed by atoms with Crippen molar-refractivity contribution in [2.75, 3.05) is 6.61 Å². The van der Waals surface area contributed by atoms with Crippen molar-refractivity contribution in [2.24, 2.45) is 0 Å². The summed E-state index contributed by atoms with van der Waals surface area (Å²) in [4.78, 5) is 0. The number of aliphatic hydroxyl groups excluding tert-OH is 1. The van der Waals surface area contributed by atoms with Gasteiger partial charge in [-0.1, -0.05) is 34.9 Å². The lowest BCUT2D eigenvalue weighted by molar-refractivity contribution is 0.235. The minimum Gasteiger partial charge on any atom is -0.394 e. The van der Waals surface area contributed by atoms with Crippen molar-refractivity contribution >= 4 is 0 Å². The maximum atomic E-state index is 9.09. The third-order valence-electron chi connectivity index (χ3n) is 4.26. The lowest BCUT2D eigenvalue weighted by Gasteiger charge is -2.04. The topological polar surface area (TPSA) is 32.8 Å². The van der Waals surface area contributed by atoms with Crippen LogP contribution in [0.3, 0.4) is 0 Å². The molecule has 0 spiro atoms. The highest BCUT2D eigenvalue weighted by Gasteiger charge is 2.50. The SMILES string of the molecule is [2H][C@H](C/C=C(\C)CC/C=C(\C)CCC=C(C)C)[C@]1(C)O[C@@H]1CO. The van der Waals surface area contributed by atoms with Gasteiger partial charge in [-0.3, -0.25) is 0 Å². The predicted molar refractivity (Wildman–Crippen MR) is 95.0 cm³/mol. The molecule has 1 heterocycles. The smallest absolute Gasteiger partial charge is 0.110 e.